The van der Waals surface area contributed by atoms with Crippen LogP contribution in [0.15, 0.2) is 0 Å². The van der Waals surface area contributed by atoms with Gasteiger partial charge in [-0.05, 0) is 0 Å². The molecule has 0 aliphatic rings. The molecule has 0 amide bonds. The van der Waals surface area contributed by atoms with Gasteiger partial charge in [-0.1, -0.05) is 0 Å². The lowest BCUT2D eigenvalue weighted by Gasteiger charge is -1.99. The lowest BCUT2D eigenvalue weighted by Crippen LogP contribution is -2.13. The number of hydrogen-bond donors (Lipinski definition) is 1. The van der Waals surface area contributed by atoms with Crippen LogP contribution >= 0.6 is 0 Å². The van der Waals surface area contributed by atoms with E-state index < -0.39 is 5.97 Å². The molecule has 54 valence electrons. The monoisotopic (exact) mass is 134 g/mol. The molecule has 0 spiro atoms. The van der Waals surface area contributed by atoms with E-state index in [1.807, 2.05) is 0 Å². The van der Waals surface area contributed by atoms with E-state index in [0.29, 0.717) is 0 Å². The molecule has 4 heteroatoms. The minimum Gasteiger partial charge on any atom is -0.462 e. The first kappa shape index (κ1) is 8.39. The number of methoxy groups -OCH3 is 1. The summed E-state index contributed by atoms with van der Waals surface area (Å²) in [4.78, 5) is 10.3. The van der Waals surface area contributed by atoms with Gasteiger partial charge >= 0.3 is 5.97 Å². The Labute approximate surface area is 53.4 Å². The molecular weight excluding hydrogens is 124 g/mol. The minimum atomic E-state index is -0.452. The standard InChI is InChI=1S/C5H10O4/c1-8-4-5(7)9-3-2-6/h6H,2-4H2,1H3. The normalized spacial score (nSPS) is 9.11. The lowest BCUT2D eigenvalue weighted by atomic mass is 10.7. The zero-order chi connectivity index (χ0) is 7.11. The minimum absolute atomic E-state index is 0.0438. The Morgan fingerprint density at radius 2 is 2.33 bits per heavy atom. The lowest BCUT2D eigenvalue weighted by molar-refractivity contribution is -0.148. The van der Waals surface area contributed by atoms with Gasteiger partial charge < -0.3 is 14.6 Å². The molecule has 0 aromatic carbocycles. The third kappa shape index (κ3) is 5.26. The van der Waals surface area contributed by atoms with Gasteiger partial charge in [0.05, 0.1) is 6.61 Å². The maximum Gasteiger partial charge on any atom is 0.332 e. The van der Waals surface area contributed by atoms with E-state index in [2.05, 4.69) is 9.47 Å². The van der Waals surface area contributed by atoms with E-state index in [9.17, 15) is 4.79 Å². The third-order valence-corrected chi connectivity index (χ3v) is 0.617. The summed E-state index contributed by atoms with van der Waals surface area (Å²) in [6, 6.07) is 0. The van der Waals surface area contributed by atoms with Crippen molar-refractivity contribution in [2.24, 2.45) is 0 Å². The zero-order valence-electron chi connectivity index (χ0n) is 5.29. The highest BCUT2D eigenvalue weighted by molar-refractivity contribution is 5.70. The van der Waals surface area contributed by atoms with E-state index in [1.165, 1.54) is 7.11 Å². The van der Waals surface area contributed by atoms with Crippen molar-refractivity contribution in [2.45, 2.75) is 0 Å². The Morgan fingerprint density at radius 3 is 2.78 bits per heavy atom. The number of carbonyl (C=O) groups is 1. The molecule has 0 unspecified atom stereocenters. The molecule has 4 nitrogen and oxygen atoms in total. The number of ether oxygens (including phenoxy) is 2. The molecule has 9 heavy (non-hydrogen) atoms. The quantitative estimate of drug-likeness (QED) is 0.510. The topological polar surface area (TPSA) is 55.8 Å². The summed E-state index contributed by atoms with van der Waals surface area (Å²) >= 11 is 0. The van der Waals surface area contributed by atoms with Gasteiger partial charge in [-0.2, -0.15) is 0 Å². The fraction of sp³-hybridized carbons (Fsp3) is 0.800. The summed E-state index contributed by atoms with van der Waals surface area (Å²) in [5.41, 5.74) is 0. The summed E-state index contributed by atoms with van der Waals surface area (Å²) in [5.74, 6) is -0.452. The van der Waals surface area contributed by atoms with Gasteiger partial charge in [0, 0.05) is 7.11 Å². The van der Waals surface area contributed by atoms with Crippen LogP contribution in [0.4, 0.5) is 0 Å². The predicted octanol–water partition coefficient (Wildman–Crippen LogP) is -0.832. The van der Waals surface area contributed by atoms with Crippen molar-refractivity contribution >= 4 is 5.97 Å². The Hall–Kier alpha value is -0.610. The molecule has 0 aromatic rings. The number of esters is 1. The van der Waals surface area contributed by atoms with Crippen LogP contribution in [-0.2, 0) is 14.3 Å². The van der Waals surface area contributed by atoms with E-state index in [4.69, 9.17) is 5.11 Å². The number of aliphatic hydroxyl groups excluding tert-OH is 1. The second kappa shape index (κ2) is 5.53. The summed E-state index contributed by atoms with van der Waals surface area (Å²) in [5, 5.41) is 8.17. The Bertz CT molecular complexity index is 81.0. The number of hydrogen-bond acceptors (Lipinski definition) is 4. The molecule has 0 bridgehead atoms. The molecule has 0 radical (unpaired) electrons. The Kier molecular flexibility index (Phi) is 5.15. The number of aliphatic hydroxyl groups is 1. The highest BCUT2D eigenvalue weighted by Crippen LogP contribution is 1.77. The van der Waals surface area contributed by atoms with Crippen molar-refractivity contribution in [3.05, 3.63) is 0 Å². The molecule has 0 rings (SSSR count). The van der Waals surface area contributed by atoms with Gasteiger partial charge in [0.2, 0.25) is 0 Å². The van der Waals surface area contributed by atoms with Gasteiger partial charge in [0.25, 0.3) is 0 Å². The van der Waals surface area contributed by atoms with Crippen LogP contribution < -0.4 is 0 Å². The molecule has 0 aromatic heterocycles. The highest BCUT2D eigenvalue weighted by Gasteiger charge is 1.97. The maximum atomic E-state index is 10.3. The molecule has 0 saturated heterocycles. The molecule has 1 N–H and O–H groups in total. The summed E-state index contributed by atoms with van der Waals surface area (Å²) < 4.78 is 8.86. The fourth-order valence-corrected chi connectivity index (χ4v) is 0.319. The van der Waals surface area contributed by atoms with Crippen LogP contribution in [-0.4, -0.2) is 38.0 Å². The molecule has 0 atom stereocenters. The van der Waals surface area contributed by atoms with Gasteiger partial charge in [0.1, 0.15) is 13.2 Å². The molecule has 0 saturated carbocycles. The van der Waals surface area contributed by atoms with Crippen molar-refractivity contribution in [3.63, 3.8) is 0 Å². The summed E-state index contributed by atoms with van der Waals surface area (Å²) in [7, 11) is 1.40. The molecular formula is C5H10O4. The molecule has 0 heterocycles. The van der Waals surface area contributed by atoms with Gasteiger partial charge in [-0.15, -0.1) is 0 Å². The SMILES string of the molecule is COCC(=O)OCCO. The van der Waals surface area contributed by atoms with E-state index in [0.717, 1.165) is 0 Å². The van der Waals surface area contributed by atoms with E-state index >= 15 is 0 Å². The van der Waals surface area contributed by atoms with Crippen LogP contribution in [0.2, 0.25) is 0 Å². The highest BCUT2D eigenvalue weighted by atomic mass is 16.6. The van der Waals surface area contributed by atoms with Gasteiger partial charge in [0.15, 0.2) is 0 Å². The predicted molar refractivity (Wildman–Crippen MR) is 29.9 cm³/mol. The molecule has 0 fully saturated rings. The zero-order valence-corrected chi connectivity index (χ0v) is 5.29. The first-order valence-corrected chi connectivity index (χ1v) is 2.56. The Balaban J connectivity index is 3.06. The van der Waals surface area contributed by atoms with Crippen molar-refractivity contribution in [3.8, 4) is 0 Å². The van der Waals surface area contributed by atoms with Crippen molar-refractivity contribution in [1.29, 1.82) is 0 Å². The van der Waals surface area contributed by atoms with Crippen molar-refractivity contribution < 1.29 is 19.4 Å². The first-order chi connectivity index (χ1) is 4.31. The largest absolute Gasteiger partial charge is 0.462 e. The van der Waals surface area contributed by atoms with Gasteiger partial charge in [-0.25, -0.2) is 4.79 Å². The second-order valence-electron chi connectivity index (χ2n) is 1.38. The number of rotatable bonds is 4. The van der Waals surface area contributed by atoms with E-state index in [-0.39, 0.29) is 19.8 Å². The van der Waals surface area contributed by atoms with Crippen LogP contribution in [0.25, 0.3) is 0 Å². The Morgan fingerprint density at radius 1 is 1.67 bits per heavy atom. The van der Waals surface area contributed by atoms with Crippen molar-refractivity contribution in [1.82, 2.24) is 0 Å². The van der Waals surface area contributed by atoms with Crippen molar-refractivity contribution in [2.75, 3.05) is 26.9 Å². The van der Waals surface area contributed by atoms with E-state index in [1.54, 1.807) is 0 Å². The van der Waals surface area contributed by atoms with Gasteiger partial charge in [-0.3, -0.25) is 0 Å². The third-order valence-electron chi connectivity index (χ3n) is 0.617. The summed E-state index contributed by atoms with van der Waals surface area (Å²) in [6.45, 7) is -0.155. The van der Waals surface area contributed by atoms with Crippen LogP contribution in [0.5, 0.6) is 0 Å². The van der Waals surface area contributed by atoms with Crippen LogP contribution in [0, 0.1) is 0 Å². The van der Waals surface area contributed by atoms with Crippen LogP contribution in [0.3, 0.4) is 0 Å². The smallest absolute Gasteiger partial charge is 0.332 e. The molecule has 0 aliphatic carbocycles. The number of carbonyl (C=O) groups excluding carboxylic acids is 1. The average Bonchev–Trinajstić information content (AvgIpc) is 1.85. The average molecular weight is 134 g/mol. The van der Waals surface area contributed by atoms with Crippen LogP contribution in [0.1, 0.15) is 0 Å². The molecule has 0 aliphatic heterocycles. The fourth-order valence-electron chi connectivity index (χ4n) is 0.319. The summed E-state index contributed by atoms with van der Waals surface area (Å²) in [6.07, 6.45) is 0. The second-order valence-corrected chi connectivity index (χ2v) is 1.38. The first-order valence-electron chi connectivity index (χ1n) is 2.56. The maximum absolute atomic E-state index is 10.3.